The van der Waals surface area contributed by atoms with Crippen LogP contribution >= 0.6 is 0 Å². The second-order valence-electron chi connectivity index (χ2n) is 3.13. The van der Waals surface area contributed by atoms with Crippen molar-refractivity contribution >= 4 is 0 Å². The van der Waals surface area contributed by atoms with E-state index < -0.39 is 18.3 Å². The number of nitrogens with zero attached hydrogens (tertiary/aromatic N) is 2. The number of rotatable bonds is 3. The Kier molecular flexibility index (Phi) is 3.22. The Morgan fingerprint density at radius 1 is 1.18 bits per heavy atom. The van der Waals surface area contributed by atoms with E-state index in [1.54, 1.807) is 18.3 Å². The van der Waals surface area contributed by atoms with Crippen LogP contribution in [0.5, 0.6) is 5.88 Å². The lowest BCUT2D eigenvalue weighted by Gasteiger charge is -2.06. The zero-order valence-corrected chi connectivity index (χ0v) is 8.48. The summed E-state index contributed by atoms with van der Waals surface area (Å²) < 4.78 is 41.0. The lowest BCUT2D eigenvalue weighted by molar-refractivity contribution is -0.0553. The fraction of sp³-hybridized carbons (Fsp3) is 0.0909. The third-order valence-electron chi connectivity index (χ3n) is 2.00. The molecule has 3 nitrogen and oxygen atoms in total. The van der Waals surface area contributed by atoms with E-state index in [1.807, 2.05) is 0 Å². The van der Waals surface area contributed by atoms with Crippen molar-refractivity contribution in [2.75, 3.05) is 0 Å². The van der Waals surface area contributed by atoms with Crippen LogP contribution in [0.15, 0.2) is 36.8 Å². The van der Waals surface area contributed by atoms with Crippen molar-refractivity contribution in [3.05, 3.63) is 42.6 Å². The lowest BCUT2D eigenvalue weighted by atomic mass is 10.1. The zero-order chi connectivity index (χ0) is 12.3. The molecule has 2 heterocycles. The first kappa shape index (κ1) is 11.4. The molecule has 2 aromatic heterocycles. The third-order valence-corrected chi connectivity index (χ3v) is 2.00. The van der Waals surface area contributed by atoms with Gasteiger partial charge in [0.1, 0.15) is 0 Å². The summed E-state index contributed by atoms with van der Waals surface area (Å²) in [6, 6.07) is 4.45. The summed E-state index contributed by atoms with van der Waals surface area (Å²) in [5.41, 5.74) is 1.08. The molecule has 0 radical (unpaired) electrons. The minimum atomic E-state index is -3.10. The van der Waals surface area contributed by atoms with E-state index in [0.29, 0.717) is 11.1 Å². The lowest BCUT2D eigenvalue weighted by Crippen LogP contribution is -2.05. The van der Waals surface area contributed by atoms with Gasteiger partial charge in [-0.15, -0.1) is 0 Å². The first-order valence-electron chi connectivity index (χ1n) is 4.67. The van der Waals surface area contributed by atoms with Gasteiger partial charge in [-0.05, 0) is 12.1 Å². The normalized spacial score (nSPS) is 10.6. The van der Waals surface area contributed by atoms with Crippen molar-refractivity contribution in [3.63, 3.8) is 0 Å². The SMILES string of the molecule is Fc1cc(-c2cccnc2)cnc1OC(F)F. The van der Waals surface area contributed by atoms with Crippen LogP contribution in [0, 0.1) is 5.82 Å². The molecule has 2 aromatic rings. The molecular weight excluding hydrogens is 233 g/mol. The second-order valence-corrected chi connectivity index (χ2v) is 3.13. The number of aromatic nitrogens is 2. The minimum Gasteiger partial charge on any atom is -0.414 e. The van der Waals surface area contributed by atoms with Gasteiger partial charge in [-0.2, -0.15) is 8.78 Å². The highest BCUT2D eigenvalue weighted by Crippen LogP contribution is 2.23. The monoisotopic (exact) mass is 240 g/mol. The average molecular weight is 240 g/mol. The molecular formula is C11H7F3N2O. The third kappa shape index (κ3) is 2.72. The van der Waals surface area contributed by atoms with E-state index in [1.165, 1.54) is 12.4 Å². The van der Waals surface area contributed by atoms with Crippen LogP contribution < -0.4 is 4.74 Å². The standard InChI is InChI=1S/C11H7F3N2O/c12-9-4-8(7-2-1-3-15-5-7)6-16-10(9)17-11(13)14/h1-6,11H. The molecule has 0 aromatic carbocycles. The van der Waals surface area contributed by atoms with Crippen LogP contribution in [0.2, 0.25) is 0 Å². The molecule has 2 rings (SSSR count). The van der Waals surface area contributed by atoms with Gasteiger partial charge in [0.05, 0.1) is 0 Å². The molecule has 17 heavy (non-hydrogen) atoms. The van der Waals surface area contributed by atoms with Crippen LogP contribution in [0.3, 0.4) is 0 Å². The van der Waals surface area contributed by atoms with Crippen LogP contribution in [-0.4, -0.2) is 16.6 Å². The molecule has 0 aliphatic carbocycles. The predicted octanol–water partition coefficient (Wildman–Crippen LogP) is 2.88. The largest absolute Gasteiger partial charge is 0.414 e. The van der Waals surface area contributed by atoms with E-state index in [2.05, 4.69) is 14.7 Å². The molecule has 0 atom stereocenters. The Morgan fingerprint density at radius 2 is 2.00 bits per heavy atom. The van der Waals surface area contributed by atoms with Crippen molar-refractivity contribution in [3.8, 4) is 17.0 Å². The van der Waals surface area contributed by atoms with E-state index in [0.717, 1.165) is 6.07 Å². The minimum absolute atomic E-state index is 0.442. The van der Waals surface area contributed by atoms with Crippen molar-refractivity contribution in [2.45, 2.75) is 6.61 Å². The molecule has 0 amide bonds. The average Bonchev–Trinajstić information content (AvgIpc) is 2.32. The number of pyridine rings is 2. The van der Waals surface area contributed by atoms with Crippen molar-refractivity contribution in [1.29, 1.82) is 0 Å². The molecule has 6 heteroatoms. The van der Waals surface area contributed by atoms with Crippen molar-refractivity contribution in [2.24, 2.45) is 0 Å². The number of hydrogen-bond acceptors (Lipinski definition) is 3. The summed E-state index contributed by atoms with van der Waals surface area (Å²) in [5, 5.41) is 0. The van der Waals surface area contributed by atoms with Crippen molar-refractivity contribution < 1.29 is 17.9 Å². The molecule has 0 aliphatic rings. The summed E-state index contributed by atoms with van der Waals surface area (Å²) in [6.45, 7) is -3.10. The van der Waals surface area contributed by atoms with Crippen LogP contribution in [-0.2, 0) is 0 Å². The van der Waals surface area contributed by atoms with Gasteiger partial charge in [-0.25, -0.2) is 9.37 Å². The van der Waals surface area contributed by atoms with Gasteiger partial charge in [-0.1, -0.05) is 6.07 Å². The van der Waals surface area contributed by atoms with E-state index >= 15 is 0 Å². The highest BCUT2D eigenvalue weighted by Gasteiger charge is 2.12. The Balaban J connectivity index is 2.31. The molecule has 0 unspecified atom stereocenters. The van der Waals surface area contributed by atoms with Crippen LogP contribution in [0.1, 0.15) is 0 Å². The van der Waals surface area contributed by atoms with Crippen molar-refractivity contribution in [1.82, 2.24) is 9.97 Å². The van der Waals surface area contributed by atoms with Gasteiger partial charge < -0.3 is 4.74 Å². The Hall–Kier alpha value is -2.11. The summed E-state index contributed by atoms with van der Waals surface area (Å²) >= 11 is 0. The quantitative estimate of drug-likeness (QED) is 0.827. The van der Waals surface area contributed by atoms with E-state index in [-0.39, 0.29) is 0 Å². The number of alkyl halides is 2. The molecule has 88 valence electrons. The highest BCUT2D eigenvalue weighted by molar-refractivity contribution is 5.61. The number of halogens is 3. The molecule has 0 saturated heterocycles. The molecule has 0 spiro atoms. The summed E-state index contributed by atoms with van der Waals surface area (Å²) in [4.78, 5) is 7.35. The van der Waals surface area contributed by atoms with Gasteiger partial charge in [0.25, 0.3) is 5.88 Å². The molecule has 0 fully saturated rings. The highest BCUT2D eigenvalue weighted by atomic mass is 19.3. The van der Waals surface area contributed by atoms with E-state index in [4.69, 9.17) is 0 Å². The smallest absolute Gasteiger partial charge is 0.388 e. The number of ether oxygens (including phenoxy) is 1. The van der Waals surface area contributed by atoms with Gasteiger partial charge >= 0.3 is 6.61 Å². The van der Waals surface area contributed by atoms with Gasteiger partial charge in [0.2, 0.25) is 0 Å². The molecule has 0 saturated carbocycles. The summed E-state index contributed by atoms with van der Waals surface area (Å²) in [5.74, 6) is -1.65. The maximum Gasteiger partial charge on any atom is 0.388 e. The Bertz CT molecular complexity index is 505. The second kappa shape index (κ2) is 4.82. The Morgan fingerprint density at radius 3 is 2.59 bits per heavy atom. The van der Waals surface area contributed by atoms with Crippen LogP contribution in [0.4, 0.5) is 13.2 Å². The zero-order valence-electron chi connectivity index (χ0n) is 8.48. The van der Waals surface area contributed by atoms with Gasteiger partial charge in [0.15, 0.2) is 5.82 Å². The van der Waals surface area contributed by atoms with Gasteiger partial charge in [0, 0.05) is 29.7 Å². The number of hydrogen-bond donors (Lipinski definition) is 0. The Labute approximate surface area is 94.9 Å². The first-order valence-corrected chi connectivity index (χ1v) is 4.67. The fourth-order valence-electron chi connectivity index (χ4n) is 1.29. The summed E-state index contributed by atoms with van der Waals surface area (Å²) in [6.07, 6.45) is 4.34. The van der Waals surface area contributed by atoms with E-state index in [9.17, 15) is 13.2 Å². The predicted molar refractivity (Wildman–Crippen MR) is 54.1 cm³/mol. The van der Waals surface area contributed by atoms with Gasteiger partial charge in [-0.3, -0.25) is 4.98 Å². The summed E-state index contributed by atoms with van der Waals surface area (Å²) in [7, 11) is 0. The topological polar surface area (TPSA) is 35.0 Å². The molecule has 0 aliphatic heterocycles. The first-order chi connectivity index (χ1) is 8.16. The maximum atomic E-state index is 13.4. The maximum absolute atomic E-state index is 13.4. The fourth-order valence-corrected chi connectivity index (χ4v) is 1.29. The molecule has 0 bridgehead atoms. The molecule has 0 N–H and O–H groups in total. The van der Waals surface area contributed by atoms with Crippen LogP contribution in [0.25, 0.3) is 11.1 Å².